The molecule has 0 spiro atoms. The molecule has 2 aliphatic heterocycles. The number of ether oxygens (including phenoxy) is 1. The monoisotopic (exact) mass is 548 g/mol. The lowest BCUT2D eigenvalue weighted by molar-refractivity contribution is -0.166. The number of unbranched alkanes of at least 4 members (excludes halogenated alkanes) is 18. The van der Waals surface area contributed by atoms with E-state index in [2.05, 4.69) is 23.6 Å². The van der Waals surface area contributed by atoms with Crippen LogP contribution < -0.4 is 0 Å². The molecule has 5 heteroatoms. The van der Waals surface area contributed by atoms with Gasteiger partial charge in [0, 0.05) is 0 Å². The van der Waals surface area contributed by atoms with E-state index in [1.165, 1.54) is 116 Å². The van der Waals surface area contributed by atoms with Crippen LogP contribution in [-0.4, -0.2) is 60.0 Å². The van der Waals surface area contributed by atoms with Gasteiger partial charge in [0.2, 0.25) is 0 Å². The van der Waals surface area contributed by atoms with Gasteiger partial charge in [-0.2, -0.15) is 0 Å². The summed E-state index contributed by atoms with van der Waals surface area (Å²) in [5.41, 5.74) is 0. The maximum Gasteiger partial charge on any atom is 0.331 e. The number of rotatable bonds is 24. The molecule has 228 valence electrons. The van der Waals surface area contributed by atoms with Crippen molar-refractivity contribution in [1.82, 2.24) is 9.80 Å². The minimum Gasteiger partial charge on any atom is -0.391 e. The Labute approximate surface area is 242 Å². The molecule has 0 radical (unpaired) electrons. The quantitative estimate of drug-likeness (QED) is 0.0685. The summed E-state index contributed by atoms with van der Waals surface area (Å²) in [6.45, 7) is 8.37. The number of likely N-dealkylation sites (tertiary alicyclic amines) is 2. The fraction of sp³-hybridized carbons (Fsp3) is 0.941. The normalized spacial score (nSPS) is 20.2. The zero-order valence-corrected chi connectivity index (χ0v) is 26.1. The highest BCUT2D eigenvalue weighted by molar-refractivity contribution is 5.91. The molecule has 2 rings (SSSR count). The van der Waals surface area contributed by atoms with Gasteiger partial charge in [0.25, 0.3) is 0 Å². The van der Waals surface area contributed by atoms with Crippen LogP contribution in [0.25, 0.3) is 0 Å². The molecule has 5 nitrogen and oxygen atoms in total. The van der Waals surface area contributed by atoms with E-state index in [-0.39, 0.29) is 24.0 Å². The smallest absolute Gasteiger partial charge is 0.331 e. The first-order valence-electron chi connectivity index (χ1n) is 17.4. The molecule has 0 saturated carbocycles. The fourth-order valence-electron chi connectivity index (χ4n) is 6.56. The van der Waals surface area contributed by atoms with E-state index in [1.807, 2.05) is 0 Å². The Bertz CT molecular complexity index is 574. The number of nitrogens with zero attached hydrogens (tertiary/aromatic N) is 2. The van der Waals surface area contributed by atoms with Crippen molar-refractivity contribution in [3.63, 3.8) is 0 Å². The van der Waals surface area contributed by atoms with Crippen LogP contribution in [0, 0.1) is 0 Å². The van der Waals surface area contributed by atoms with E-state index in [1.54, 1.807) is 0 Å². The number of hydrogen-bond acceptors (Lipinski definition) is 5. The van der Waals surface area contributed by atoms with Gasteiger partial charge < -0.3 is 4.74 Å². The van der Waals surface area contributed by atoms with E-state index < -0.39 is 0 Å². The van der Waals surface area contributed by atoms with Gasteiger partial charge in [0.05, 0.1) is 0 Å². The number of carbonyl (C=O) groups is 2. The minimum absolute atomic E-state index is 0.218. The minimum atomic E-state index is -0.296. The van der Waals surface area contributed by atoms with Crippen molar-refractivity contribution in [1.29, 1.82) is 0 Å². The Morgan fingerprint density at radius 1 is 0.513 bits per heavy atom. The summed E-state index contributed by atoms with van der Waals surface area (Å²) in [6.07, 6.45) is 30.2. The Hall–Kier alpha value is -0.940. The van der Waals surface area contributed by atoms with Crippen LogP contribution in [0.15, 0.2) is 0 Å². The van der Waals surface area contributed by atoms with Crippen LogP contribution in [0.2, 0.25) is 0 Å². The van der Waals surface area contributed by atoms with E-state index in [0.717, 1.165) is 64.7 Å². The molecule has 39 heavy (non-hydrogen) atoms. The molecule has 0 bridgehead atoms. The van der Waals surface area contributed by atoms with E-state index in [4.69, 9.17) is 4.74 Å². The Balaban J connectivity index is 1.56. The van der Waals surface area contributed by atoms with Gasteiger partial charge in [-0.3, -0.25) is 9.80 Å². The Morgan fingerprint density at radius 3 is 1.15 bits per heavy atom. The number of carbonyl (C=O) groups excluding carboxylic acids is 2. The standard InChI is InChI=1S/C34H64N2O3/c1-3-5-7-9-11-13-15-17-19-21-27-35-29-23-25-31(35)33(37)39-34(38)32-26-24-30-36(32)28-22-20-18-16-14-12-10-8-6-4-2/h31-32H,3-30H2,1-2H3/t31-,32-/m0/s1. The van der Waals surface area contributed by atoms with Crippen molar-refractivity contribution in [2.75, 3.05) is 26.2 Å². The number of hydrogen-bond donors (Lipinski definition) is 0. The second-order valence-corrected chi connectivity index (χ2v) is 12.5. The van der Waals surface area contributed by atoms with Crippen LogP contribution in [0.1, 0.15) is 168 Å². The Kier molecular flexibility index (Phi) is 20.0. The molecular weight excluding hydrogens is 484 g/mol. The van der Waals surface area contributed by atoms with Crippen molar-refractivity contribution in [2.45, 2.75) is 180 Å². The van der Waals surface area contributed by atoms with Gasteiger partial charge in [-0.15, -0.1) is 0 Å². The highest BCUT2D eigenvalue weighted by atomic mass is 16.6. The first-order chi connectivity index (χ1) is 19.2. The first-order valence-corrected chi connectivity index (χ1v) is 17.4. The van der Waals surface area contributed by atoms with Crippen molar-refractivity contribution in [3.05, 3.63) is 0 Å². The summed E-state index contributed by atoms with van der Waals surface area (Å²) < 4.78 is 5.52. The van der Waals surface area contributed by atoms with Gasteiger partial charge in [0.15, 0.2) is 0 Å². The lowest BCUT2D eigenvalue weighted by atomic mass is 10.1. The lowest BCUT2D eigenvalue weighted by Gasteiger charge is -2.25. The van der Waals surface area contributed by atoms with E-state index in [9.17, 15) is 9.59 Å². The van der Waals surface area contributed by atoms with Crippen LogP contribution >= 0.6 is 0 Å². The van der Waals surface area contributed by atoms with E-state index >= 15 is 0 Å². The topological polar surface area (TPSA) is 49.9 Å². The second kappa shape index (κ2) is 22.7. The van der Waals surface area contributed by atoms with Gasteiger partial charge in [0.1, 0.15) is 12.1 Å². The molecule has 2 fully saturated rings. The molecule has 0 aromatic rings. The van der Waals surface area contributed by atoms with Gasteiger partial charge in [-0.25, -0.2) is 9.59 Å². The molecule has 2 saturated heterocycles. The van der Waals surface area contributed by atoms with Crippen LogP contribution in [0.5, 0.6) is 0 Å². The van der Waals surface area contributed by atoms with Crippen molar-refractivity contribution in [3.8, 4) is 0 Å². The van der Waals surface area contributed by atoms with Crippen LogP contribution in [0.4, 0.5) is 0 Å². The van der Waals surface area contributed by atoms with Crippen LogP contribution in [-0.2, 0) is 14.3 Å². The molecule has 2 aliphatic rings. The maximum absolute atomic E-state index is 13.0. The summed E-state index contributed by atoms with van der Waals surface area (Å²) in [4.78, 5) is 30.5. The Morgan fingerprint density at radius 2 is 0.821 bits per heavy atom. The van der Waals surface area contributed by atoms with Gasteiger partial charge in [-0.05, 0) is 64.7 Å². The van der Waals surface area contributed by atoms with E-state index in [0.29, 0.717) is 0 Å². The number of esters is 2. The van der Waals surface area contributed by atoms with Crippen LogP contribution in [0.3, 0.4) is 0 Å². The lowest BCUT2D eigenvalue weighted by Crippen LogP contribution is -2.43. The molecule has 0 aromatic carbocycles. The summed E-state index contributed by atoms with van der Waals surface area (Å²) in [6, 6.07) is -0.436. The SMILES string of the molecule is CCCCCCCCCCCCN1CCC[C@H]1C(=O)OC(=O)[C@@H]1CCCN1CCCCCCCCCCCC. The van der Waals surface area contributed by atoms with Crippen molar-refractivity contribution in [2.24, 2.45) is 0 Å². The predicted octanol–water partition coefficient (Wildman–Crippen LogP) is 8.83. The average Bonchev–Trinajstić information content (AvgIpc) is 3.60. The summed E-state index contributed by atoms with van der Waals surface area (Å²) in [5, 5.41) is 0. The summed E-state index contributed by atoms with van der Waals surface area (Å²) in [7, 11) is 0. The largest absolute Gasteiger partial charge is 0.391 e. The van der Waals surface area contributed by atoms with Gasteiger partial charge in [-0.1, -0.05) is 129 Å². The summed E-state index contributed by atoms with van der Waals surface area (Å²) in [5.74, 6) is -0.592. The molecule has 2 atom stereocenters. The maximum atomic E-state index is 13.0. The van der Waals surface area contributed by atoms with Crippen molar-refractivity contribution >= 4 is 11.9 Å². The third-order valence-corrected chi connectivity index (χ3v) is 9.07. The molecule has 0 aliphatic carbocycles. The third-order valence-electron chi connectivity index (χ3n) is 9.07. The molecule has 0 unspecified atom stereocenters. The van der Waals surface area contributed by atoms with Gasteiger partial charge >= 0.3 is 11.9 Å². The zero-order chi connectivity index (χ0) is 28.0. The second-order valence-electron chi connectivity index (χ2n) is 12.5. The average molecular weight is 549 g/mol. The molecule has 2 heterocycles. The predicted molar refractivity (Wildman–Crippen MR) is 164 cm³/mol. The zero-order valence-electron chi connectivity index (χ0n) is 26.1. The highest BCUT2D eigenvalue weighted by Crippen LogP contribution is 2.23. The first kappa shape index (κ1) is 34.3. The van der Waals surface area contributed by atoms with Crippen molar-refractivity contribution < 1.29 is 14.3 Å². The highest BCUT2D eigenvalue weighted by Gasteiger charge is 2.37. The molecule has 0 N–H and O–H groups in total. The molecular formula is C34H64N2O3. The molecule has 0 aromatic heterocycles. The molecule has 0 amide bonds. The third kappa shape index (κ3) is 15.0. The summed E-state index contributed by atoms with van der Waals surface area (Å²) >= 11 is 0. The fourth-order valence-corrected chi connectivity index (χ4v) is 6.56.